The van der Waals surface area contributed by atoms with E-state index in [-0.39, 0.29) is 24.5 Å². The minimum absolute atomic E-state index is 0.0525. The van der Waals surface area contributed by atoms with Gasteiger partial charge in [0.1, 0.15) is 19.0 Å². The van der Waals surface area contributed by atoms with Crippen molar-refractivity contribution >= 4 is 40.5 Å². The zero-order valence-electron chi connectivity index (χ0n) is 15.3. The first-order valence-corrected chi connectivity index (χ1v) is 9.57. The van der Waals surface area contributed by atoms with Gasteiger partial charge in [0.25, 0.3) is 5.69 Å². The van der Waals surface area contributed by atoms with Crippen LogP contribution in [-0.4, -0.2) is 50.4 Å². The van der Waals surface area contributed by atoms with Gasteiger partial charge in [-0.2, -0.15) is 0 Å². The topological polar surface area (TPSA) is 91.1 Å². The van der Waals surface area contributed by atoms with Crippen LogP contribution >= 0.6 is 23.2 Å². The van der Waals surface area contributed by atoms with Crippen LogP contribution in [0.5, 0.6) is 5.75 Å². The van der Waals surface area contributed by atoms with Crippen LogP contribution in [-0.2, 0) is 9.47 Å². The van der Waals surface area contributed by atoms with Crippen molar-refractivity contribution in [1.29, 1.82) is 0 Å². The van der Waals surface area contributed by atoms with E-state index in [2.05, 4.69) is 0 Å². The number of nitro groups is 1. The molecule has 1 aliphatic heterocycles. The Labute approximate surface area is 177 Å². The van der Waals surface area contributed by atoms with Gasteiger partial charge in [-0.15, -0.1) is 0 Å². The summed E-state index contributed by atoms with van der Waals surface area (Å²) in [6, 6.07) is 8.94. The summed E-state index contributed by atoms with van der Waals surface area (Å²) in [6.45, 7) is 2.20. The summed E-state index contributed by atoms with van der Waals surface area (Å²) in [5.41, 5.74) is 0.523. The molecule has 2 aromatic rings. The Bertz CT molecular complexity index is 902. The molecule has 0 bridgehead atoms. The van der Waals surface area contributed by atoms with E-state index < -0.39 is 10.9 Å². The Morgan fingerprint density at radius 1 is 1.14 bits per heavy atom. The maximum absolute atomic E-state index is 12.6. The number of halogens is 2. The van der Waals surface area contributed by atoms with Gasteiger partial charge >= 0.3 is 5.97 Å². The van der Waals surface area contributed by atoms with E-state index in [9.17, 15) is 14.9 Å². The van der Waals surface area contributed by atoms with E-state index >= 15 is 0 Å². The van der Waals surface area contributed by atoms with E-state index in [4.69, 9.17) is 37.4 Å². The molecule has 0 aliphatic carbocycles. The van der Waals surface area contributed by atoms with Gasteiger partial charge in [0.15, 0.2) is 0 Å². The minimum atomic E-state index is -0.666. The lowest BCUT2D eigenvalue weighted by Gasteiger charge is -2.30. The molecule has 0 radical (unpaired) electrons. The lowest BCUT2D eigenvalue weighted by atomic mass is 10.1. The van der Waals surface area contributed by atoms with Crippen LogP contribution in [0.4, 0.5) is 11.4 Å². The summed E-state index contributed by atoms with van der Waals surface area (Å²) >= 11 is 11.9. The average molecular weight is 441 g/mol. The third-order valence-corrected chi connectivity index (χ3v) is 4.76. The number of anilines is 1. The first kappa shape index (κ1) is 21.2. The maximum Gasteiger partial charge on any atom is 0.340 e. The molecular formula is C19H18Cl2N2O6. The molecule has 0 aromatic heterocycles. The van der Waals surface area contributed by atoms with Crippen molar-refractivity contribution in [3.8, 4) is 5.75 Å². The molecule has 154 valence electrons. The zero-order chi connectivity index (χ0) is 20.8. The third kappa shape index (κ3) is 5.50. The normalized spacial score (nSPS) is 13.8. The summed E-state index contributed by atoms with van der Waals surface area (Å²) in [5.74, 6) is -0.252. The molecule has 0 saturated carbocycles. The maximum atomic E-state index is 12.6. The molecule has 0 amide bonds. The molecule has 1 fully saturated rings. The smallest absolute Gasteiger partial charge is 0.340 e. The number of nitrogens with zero attached hydrogens (tertiary/aromatic N) is 2. The average Bonchev–Trinajstić information content (AvgIpc) is 2.72. The molecule has 1 aliphatic rings. The number of hydrogen-bond acceptors (Lipinski definition) is 7. The second-order valence-electron chi connectivity index (χ2n) is 6.12. The quantitative estimate of drug-likeness (QED) is 0.278. The molecule has 2 aromatic carbocycles. The van der Waals surface area contributed by atoms with Crippen LogP contribution in [0.2, 0.25) is 10.0 Å². The number of hydrogen-bond donors (Lipinski definition) is 0. The number of nitro benzene ring substituents is 1. The zero-order valence-corrected chi connectivity index (χ0v) is 16.8. The number of rotatable bonds is 7. The van der Waals surface area contributed by atoms with E-state index in [0.29, 0.717) is 47.8 Å². The fourth-order valence-corrected chi connectivity index (χ4v) is 3.30. The van der Waals surface area contributed by atoms with Crippen LogP contribution in [0.1, 0.15) is 10.4 Å². The first-order valence-electron chi connectivity index (χ1n) is 8.82. The molecular weight excluding hydrogens is 423 g/mol. The van der Waals surface area contributed by atoms with Gasteiger partial charge in [-0.05, 0) is 24.3 Å². The highest BCUT2D eigenvalue weighted by atomic mass is 35.5. The van der Waals surface area contributed by atoms with Gasteiger partial charge in [-0.3, -0.25) is 10.1 Å². The van der Waals surface area contributed by atoms with Crippen molar-refractivity contribution < 1.29 is 23.9 Å². The van der Waals surface area contributed by atoms with E-state index in [1.54, 1.807) is 24.3 Å². The Morgan fingerprint density at radius 2 is 1.90 bits per heavy atom. The van der Waals surface area contributed by atoms with Crippen molar-refractivity contribution in [3.63, 3.8) is 0 Å². The summed E-state index contributed by atoms with van der Waals surface area (Å²) in [6.07, 6.45) is 0. The van der Waals surface area contributed by atoms with Gasteiger partial charge < -0.3 is 19.1 Å². The SMILES string of the molecule is O=C(OCCOc1ccc(Cl)cc1Cl)c1cc([N+](=O)[O-])ccc1N1CCOCC1. The minimum Gasteiger partial charge on any atom is -0.488 e. The standard InChI is InChI=1S/C19H18Cl2N2O6/c20-13-1-4-18(16(21)11-13)28-9-10-29-19(24)15-12-14(23(25)26)2-3-17(15)22-5-7-27-8-6-22/h1-4,11-12H,5-10H2. The predicted molar refractivity (Wildman–Crippen MR) is 108 cm³/mol. The molecule has 3 rings (SSSR count). The predicted octanol–water partition coefficient (Wildman–Crippen LogP) is 3.97. The van der Waals surface area contributed by atoms with Crippen molar-refractivity contribution in [1.82, 2.24) is 0 Å². The second kappa shape index (κ2) is 9.78. The molecule has 0 spiro atoms. The Balaban J connectivity index is 1.66. The van der Waals surface area contributed by atoms with Crippen LogP contribution < -0.4 is 9.64 Å². The molecule has 0 atom stereocenters. The number of carbonyl (C=O) groups excluding carboxylic acids is 1. The summed E-state index contributed by atoms with van der Waals surface area (Å²) < 4.78 is 16.1. The summed E-state index contributed by atoms with van der Waals surface area (Å²) in [7, 11) is 0. The fourth-order valence-electron chi connectivity index (χ4n) is 2.84. The monoisotopic (exact) mass is 440 g/mol. The van der Waals surface area contributed by atoms with E-state index in [1.807, 2.05) is 4.90 Å². The number of carbonyl (C=O) groups is 1. The van der Waals surface area contributed by atoms with Crippen LogP contribution in [0.15, 0.2) is 36.4 Å². The van der Waals surface area contributed by atoms with Crippen LogP contribution in [0.3, 0.4) is 0 Å². The molecule has 10 heteroatoms. The number of esters is 1. The molecule has 0 N–H and O–H groups in total. The van der Waals surface area contributed by atoms with E-state index in [1.165, 1.54) is 12.1 Å². The number of non-ortho nitro benzene ring substituents is 1. The van der Waals surface area contributed by atoms with Crippen molar-refractivity contribution in [3.05, 3.63) is 62.1 Å². The summed E-state index contributed by atoms with van der Waals surface area (Å²) in [5, 5.41) is 11.9. The molecule has 0 unspecified atom stereocenters. The molecule has 1 saturated heterocycles. The highest BCUT2D eigenvalue weighted by molar-refractivity contribution is 6.35. The Morgan fingerprint density at radius 3 is 2.59 bits per heavy atom. The van der Waals surface area contributed by atoms with Crippen molar-refractivity contribution in [2.45, 2.75) is 0 Å². The lowest BCUT2D eigenvalue weighted by Crippen LogP contribution is -2.37. The van der Waals surface area contributed by atoms with Gasteiger partial charge in [0.05, 0.1) is 34.4 Å². The summed E-state index contributed by atoms with van der Waals surface area (Å²) in [4.78, 5) is 25.1. The van der Waals surface area contributed by atoms with Crippen molar-refractivity contribution in [2.24, 2.45) is 0 Å². The van der Waals surface area contributed by atoms with Gasteiger partial charge in [0, 0.05) is 30.2 Å². The van der Waals surface area contributed by atoms with Crippen molar-refractivity contribution in [2.75, 3.05) is 44.4 Å². The van der Waals surface area contributed by atoms with Crippen LogP contribution in [0, 0.1) is 10.1 Å². The van der Waals surface area contributed by atoms with Gasteiger partial charge in [0.2, 0.25) is 0 Å². The highest BCUT2D eigenvalue weighted by Crippen LogP contribution is 2.28. The highest BCUT2D eigenvalue weighted by Gasteiger charge is 2.23. The second-order valence-corrected chi connectivity index (χ2v) is 6.96. The molecule has 29 heavy (non-hydrogen) atoms. The van der Waals surface area contributed by atoms with Gasteiger partial charge in [-0.1, -0.05) is 23.2 Å². The largest absolute Gasteiger partial charge is 0.488 e. The number of ether oxygens (including phenoxy) is 3. The third-order valence-electron chi connectivity index (χ3n) is 4.23. The Kier molecular flexibility index (Phi) is 7.13. The fraction of sp³-hybridized carbons (Fsp3) is 0.316. The van der Waals surface area contributed by atoms with Gasteiger partial charge in [-0.25, -0.2) is 4.79 Å². The van der Waals surface area contributed by atoms with E-state index in [0.717, 1.165) is 0 Å². The lowest BCUT2D eigenvalue weighted by molar-refractivity contribution is -0.384. The number of morpholine rings is 1. The first-order chi connectivity index (χ1) is 14.0. The molecule has 1 heterocycles. The Hall–Kier alpha value is -2.55. The number of benzene rings is 2. The van der Waals surface area contributed by atoms with Crippen LogP contribution in [0.25, 0.3) is 0 Å². The molecule has 8 nitrogen and oxygen atoms in total.